The van der Waals surface area contributed by atoms with Gasteiger partial charge in [0.05, 0.1) is 6.26 Å². The second kappa shape index (κ2) is 8.49. The number of rotatable bonds is 8. The van der Waals surface area contributed by atoms with Crippen molar-refractivity contribution < 1.29 is 13.9 Å². The average Bonchev–Trinajstić information content (AvgIpc) is 3.02. The molecule has 0 aliphatic rings. The summed E-state index contributed by atoms with van der Waals surface area (Å²) in [4.78, 5) is 12.1. The Bertz CT molecular complexity index is 583. The van der Waals surface area contributed by atoms with Crippen LogP contribution in [0.25, 0.3) is 0 Å². The van der Waals surface area contributed by atoms with E-state index in [1.54, 1.807) is 30.5 Å². The SMILES string of the molecule is CCC(Oc1cccc(Cl)c1)C(=O)NCCCc1ccco1. The molecule has 0 radical (unpaired) electrons. The highest BCUT2D eigenvalue weighted by atomic mass is 35.5. The highest BCUT2D eigenvalue weighted by molar-refractivity contribution is 6.30. The smallest absolute Gasteiger partial charge is 0.261 e. The molecule has 1 atom stereocenters. The summed E-state index contributed by atoms with van der Waals surface area (Å²) in [5.74, 6) is 1.42. The van der Waals surface area contributed by atoms with Gasteiger partial charge in [0.2, 0.25) is 0 Å². The van der Waals surface area contributed by atoms with Crippen LogP contribution < -0.4 is 10.1 Å². The molecular formula is C17H20ClNO3. The zero-order valence-electron chi connectivity index (χ0n) is 12.5. The maximum Gasteiger partial charge on any atom is 0.261 e. The highest BCUT2D eigenvalue weighted by Crippen LogP contribution is 2.19. The third-order valence-corrected chi connectivity index (χ3v) is 3.45. The van der Waals surface area contributed by atoms with Gasteiger partial charge in [0.25, 0.3) is 5.91 Å². The van der Waals surface area contributed by atoms with Crippen LogP contribution in [0.4, 0.5) is 0 Å². The van der Waals surface area contributed by atoms with Crippen molar-refractivity contribution in [3.8, 4) is 5.75 Å². The Balaban J connectivity index is 1.76. The largest absolute Gasteiger partial charge is 0.481 e. The van der Waals surface area contributed by atoms with Crippen molar-refractivity contribution in [2.75, 3.05) is 6.54 Å². The molecule has 5 heteroatoms. The van der Waals surface area contributed by atoms with Crippen LogP contribution in [-0.2, 0) is 11.2 Å². The maximum atomic E-state index is 12.1. The lowest BCUT2D eigenvalue weighted by atomic mass is 10.2. The Hall–Kier alpha value is -1.94. The number of hydrogen-bond donors (Lipinski definition) is 1. The van der Waals surface area contributed by atoms with Crippen molar-refractivity contribution in [2.45, 2.75) is 32.3 Å². The van der Waals surface area contributed by atoms with Crippen molar-refractivity contribution >= 4 is 17.5 Å². The normalized spacial score (nSPS) is 11.9. The molecule has 1 unspecified atom stereocenters. The van der Waals surface area contributed by atoms with E-state index in [9.17, 15) is 4.79 Å². The van der Waals surface area contributed by atoms with E-state index in [1.165, 1.54) is 0 Å². The Morgan fingerprint density at radius 1 is 1.36 bits per heavy atom. The van der Waals surface area contributed by atoms with Crippen LogP contribution in [0.1, 0.15) is 25.5 Å². The Morgan fingerprint density at radius 2 is 2.23 bits per heavy atom. The number of aryl methyl sites for hydroxylation is 1. The van der Waals surface area contributed by atoms with E-state index in [2.05, 4.69) is 5.32 Å². The minimum Gasteiger partial charge on any atom is -0.481 e. The van der Waals surface area contributed by atoms with Crippen molar-refractivity contribution in [2.24, 2.45) is 0 Å². The van der Waals surface area contributed by atoms with Crippen LogP contribution in [0.2, 0.25) is 5.02 Å². The third-order valence-electron chi connectivity index (χ3n) is 3.22. The monoisotopic (exact) mass is 321 g/mol. The number of amides is 1. The topological polar surface area (TPSA) is 51.5 Å². The van der Waals surface area contributed by atoms with Gasteiger partial charge in [-0.3, -0.25) is 4.79 Å². The van der Waals surface area contributed by atoms with E-state index in [0.717, 1.165) is 18.6 Å². The Morgan fingerprint density at radius 3 is 2.91 bits per heavy atom. The summed E-state index contributed by atoms with van der Waals surface area (Å²) in [5.41, 5.74) is 0. The van der Waals surface area contributed by atoms with E-state index < -0.39 is 6.10 Å². The van der Waals surface area contributed by atoms with Crippen molar-refractivity contribution in [3.05, 3.63) is 53.4 Å². The molecule has 0 fully saturated rings. The molecule has 1 heterocycles. The van der Waals surface area contributed by atoms with Gasteiger partial charge in [0.15, 0.2) is 6.10 Å². The highest BCUT2D eigenvalue weighted by Gasteiger charge is 2.17. The minimum atomic E-state index is -0.512. The van der Waals surface area contributed by atoms with Gasteiger partial charge in [-0.2, -0.15) is 0 Å². The quantitative estimate of drug-likeness (QED) is 0.752. The predicted molar refractivity (Wildman–Crippen MR) is 86.2 cm³/mol. The zero-order valence-corrected chi connectivity index (χ0v) is 13.3. The first kappa shape index (κ1) is 16.4. The summed E-state index contributed by atoms with van der Waals surface area (Å²) in [6.07, 6.45) is 3.37. The fourth-order valence-electron chi connectivity index (χ4n) is 2.07. The first-order chi connectivity index (χ1) is 10.7. The third kappa shape index (κ3) is 5.11. The molecule has 0 spiro atoms. The number of halogens is 1. The van der Waals surface area contributed by atoms with Gasteiger partial charge in [-0.15, -0.1) is 0 Å². The van der Waals surface area contributed by atoms with E-state index in [1.807, 2.05) is 19.1 Å². The maximum absolute atomic E-state index is 12.1. The first-order valence-electron chi connectivity index (χ1n) is 7.41. The van der Waals surface area contributed by atoms with Crippen LogP contribution in [0.5, 0.6) is 5.75 Å². The van der Waals surface area contributed by atoms with Gasteiger partial charge in [-0.1, -0.05) is 24.6 Å². The Kier molecular flexibility index (Phi) is 6.34. The van der Waals surface area contributed by atoms with E-state index in [-0.39, 0.29) is 5.91 Å². The van der Waals surface area contributed by atoms with Gasteiger partial charge in [0.1, 0.15) is 11.5 Å². The molecule has 2 aromatic rings. The number of hydrogen-bond acceptors (Lipinski definition) is 3. The lowest BCUT2D eigenvalue weighted by molar-refractivity contribution is -0.128. The van der Waals surface area contributed by atoms with Crippen LogP contribution in [0, 0.1) is 0 Å². The molecule has 118 valence electrons. The summed E-state index contributed by atoms with van der Waals surface area (Å²) >= 11 is 5.91. The fourth-order valence-corrected chi connectivity index (χ4v) is 2.25. The van der Waals surface area contributed by atoms with Crippen molar-refractivity contribution in [1.29, 1.82) is 0 Å². The van der Waals surface area contributed by atoms with Gasteiger partial charge in [0, 0.05) is 18.0 Å². The van der Waals surface area contributed by atoms with Crippen LogP contribution >= 0.6 is 11.6 Å². The number of furan rings is 1. The van der Waals surface area contributed by atoms with Crippen molar-refractivity contribution in [3.63, 3.8) is 0 Å². The van der Waals surface area contributed by atoms with Gasteiger partial charge >= 0.3 is 0 Å². The zero-order chi connectivity index (χ0) is 15.8. The molecule has 0 saturated heterocycles. The number of nitrogens with one attached hydrogen (secondary N) is 1. The van der Waals surface area contributed by atoms with E-state index in [0.29, 0.717) is 23.7 Å². The standard InChI is InChI=1S/C17H20ClNO3/c1-2-16(22-15-7-3-6-13(18)12-15)17(20)19-10-4-8-14-9-5-11-21-14/h3,5-7,9,11-12,16H,2,4,8,10H2,1H3,(H,19,20). The molecule has 0 aliphatic carbocycles. The molecule has 0 aliphatic heterocycles. The molecule has 1 aromatic heterocycles. The van der Waals surface area contributed by atoms with E-state index >= 15 is 0 Å². The summed E-state index contributed by atoms with van der Waals surface area (Å²) < 4.78 is 10.9. The fraction of sp³-hybridized carbons (Fsp3) is 0.353. The molecule has 1 aromatic carbocycles. The van der Waals surface area contributed by atoms with Crippen LogP contribution in [0.15, 0.2) is 47.1 Å². The number of carbonyl (C=O) groups excluding carboxylic acids is 1. The summed E-state index contributed by atoms with van der Waals surface area (Å²) in [5, 5.41) is 3.48. The lowest BCUT2D eigenvalue weighted by Gasteiger charge is -2.17. The number of ether oxygens (including phenoxy) is 1. The molecule has 22 heavy (non-hydrogen) atoms. The van der Waals surface area contributed by atoms with Crippen LogP contribution in [-0.4, -0.2) is 18.6 Å². The molecule has 4 nitrogen and oxygen atoms in total. The number of benzene rings is 1. The minimum absolute atomic E-state index is 0.109. The molecule has 0 bridgehead atoms. The second-order valence-corrected chi connectivity index (χ2v) is 5.38. The first-order valence-corrected chi connectivity index (χ1v) is 7.79. The molecular weight excluding hydrogens is 302 g/mol. The predicted octanol–water partition coefficient (Wildman–Crippen LogP) is 3.84. The molecule has 2 rings (SSSR count). The Labute approximate surface area is 135 Å². The van der Waals surface area contributed by atoms with Gasteiger partial charge < -0.3 is 14.5 Å². The summed E-state index contributed by atoms with van der Waals surface area (Å²) in [7, 11) is 0. The van der Waals surface area contributed by atoms with Crippen LogP contribution in [0.3, 0.4) is 0 Å². The second-order valence-electron chi connectivity index (χ2n) is 4.95. The molecule has 1 N–H and O–H groups in total. The lowest BCUT2D eigenvalue weighted by Crippen LogP contribution is -2.38. The molecule has 0 saturated carbocycles. The number of carbonyl (C=O) groups is 1. The molecule has 1 amide bonds. The summed E-state index contributed by atoms with van der Waals surface area (Å²) in [6, 6.07) is 10.8. The van der Waals surface area contributed by atoms with E-state index in [4.69, 9.17) is 20.8 Å². The van der Waals surface area contributed by atoms with Gasteiger partial charge in [-0.05, 0) is 43.2 Å². The van der Waals surface area contributed by atoms with Gasteiger partial charge in [-0.25, -0.2) is 0 Å². The van der Waals surface area contributed by atoms with Crippen molar-refractivity contribution in [1.82, 2.24) is 5.32 Å². The summed E-state index contributed by atoms with van der Waals surface area (Å²) in [6.45, 7) is 2.51. The average molecular weight is 322 g/mol.